The Balaban J connectivity index is 1.22. The van der Waals surface area contributed by atoms with Gasteiger partial charge in [-0.3, -0.25) is 9.59 Å². The lowest BCUT2D eigenvalue weighted by Gasteiger charge is -2.34. The molecule has 3 aliphatic heterocycles. The lowest BCUT2D eigenvalue weighted by molar-refractivity contribution is -0.138. The second-order valence-electron chi connectivity index (χ2n) is 9.38. The number of nitrogens with zero attached hydrogens (tertiary/aromatic N) is 2. The summed E-state index contributed by atoms with van der Waals surface area (Å²) in [6.07, 6.45) is 7.48. The Morgan fingerprint density at radius 1 is 1.26 bits per heavy atom. The third kappa shape index (κ3) is 5.97. The van der Waals surface area contributed by atoms with E-state index < -0.39 is 5.97 Å². The number of ether oxygens (including phenoxy) is 1. The van der Waals surface area contributed by atoms with Gasteiger partial charge in [0.1, 0.15) is 5.82 Å². The molecule has 4 rings (SSSR count). The summed E-state index contributed by atoms with van der Waals surface area (Å²) >= 11 is 0. The normalized spacial score (nSPS) is 22.6. The van der Waals surface area contributed by atoms with Crippen molar-refractivity contribution in [1.29, 1.82) is 0 Å². The number of piperidine rings is 1. The Morgan fingerprint density at radius 3 is 2.84 bits per heavy atom. The van der Waals surface area contributed by atoms with Crippen molar-refractivity contribution in [3.63, 3.8) is 0 Å². The fourth-order valence-electron chi connectivity index (χ4n) is 5.34. The van der Waals surface area contributed by atoms with Crippen LogP contribution in [0.25, 0.3) is 0 Å². The third-order valence-corrected chi connectivity index (χ3v) is 7.22. The first-order valence-corrected chi connectivity index (χ1v) is 11.9. The van der Waals surface area contributed by atoms with Gasteiger partial charge in [-0.05, 0) is 74.3 Å². The summed E-state index contributed by atoms with van der Waals surface area (Å²) in [6, 6.07) is 4.20. The van der Waals surface area contributed by atoms with Crippen LogP contribution in [0, 0.1) is 17.8 Å². The number of pyridine rings is 1. The maximum absolute atomic E-state index is 12.7. The molecular formula is C24H35N3O4. The van der Waals surface area contributed by atoms with E-state index in [0.717, 1.165) is 76.3 Å². The lowest BCUT2D eigenvalue weighted by Crippen LogP contribution is -2.39. The van der Waals surface area contributed by atoms with E-state index in [0.29, 0.717) is 31.3 Å². The fraction of sp³-hybridized carbons (Fsp3) is 0.708. The van der Waals surface area contributed by atoms with E-state index >= 15 is 0 Å². The molecule has 3 aliphatic rings. The number of carbonyl (C=O) groups excluding carboxylic acids is 1. The first-order chi connectivity index (χ1) is 15.1. The Bertz CT molecular complexity index is 770. The number of hydrogen-bond donors (Lipinski definition) is 2. The quantitative estimate of drug-likeness (QED) is 0.660. The molecule has 0 aliphatic carbocycles. The van der Waals surface area contributed by atoms with Crippen LogP contribution in [0.1, 0.15) is 56.2 Å². The number of carboxylic acid groups (broad SMARTS) is 1. The molecule has 170 valence electrons. The molecule has 2 N–H and O–H groups in total. The highest BCUT2D eigenvalue weighted by atomic mass is 16.5. The molecule has 2 fully saturated rings. The molecule has 1 aromatic heterocycles. The van der Waals surface area contributed by atoms with Crippen LogP contribution in [0.5, 0.6) is 0 Å². The average molecular weight is 430 g/mol. The fourth-order valence-corrected chi connectivity index (χ4v) is 5.34. The predicted octanol–water partition coefficient (Wildman–Crippen LogP) is 3.13. The third-order valence-electron chi connectivity index (χ3n) is 7.22. The molecule has 7 heteroatoms. The summed E-state index contributed by atoms with van der Waals surface area (Å²) in [7, 11) is 0. The van der Waals surface area contributed by atoms with E-state index in [1.165, 1.54) is 5.56 Å². The number of amides is 1. The Hall–Kier alpha value is -2.15. The number of fused-ring (bicyclic) bond motifs is 1. The van der Waals surface area contributed by atoms with Crippen molar-refractivity contribution in [3.05, 3.63) is 23.4 Å². The molecule has 1 aromatic rings. The van der Waals surface area contributed by atoms with Gasteiger partial charge >= 0.3 is 5.97 Å². The average Bonchev–Trinajstić information content (AvgIpc) is 3.32. The molecule has 0 saturated carbocycles. The zero-order chi connectivity index (χ0) is 21.6. The molecular weight excluding hydrogens is 394 g/mol. The van der Waals surface area contributed by atoms with Crippen molar-refractivity contribution in [2.24, 2.45) is 17.8 Å². The summed E-state index contributed by atoms with van der Waals surface area (Å²) in [5.41, 5.74) is 2.25. The number of anilines is 1. The number of carbonyl (C=O) groups is 2. The number of hydrogen-bond acceptors (Lipinski definition) is 5. The summed E-state index contributed by atoms with van der Waals surface area (Å²) in [4.78, 5) is 30.7. The van der Waals surface area contributed by atoms with E-state index in [9.17, 15) is 14.7 Å². The van der Waals surface area contributed by atoms with E-state index in [2.05, 4.69) is 17.4 Å². The first-order valence-electron chi connectivity index (χ1n) is 11.9. The van der Waals surface area contributed by atoms with Crippen molar-refractivity contribution in [3.8, 4) is 0 Å². The second-order valence-corrected chi connectivity index (χ2v) is 9.38. The van der Waals surface area contributed by atoms with E-state index in [1.807, 2.05) is 4.90 Å². The molecule has 0 radical (unpaired) electrons. The van der Waals surface area contributed by atoms with Gasteiger partial charge in [-0.15, -0.1) is 0 Å². The zero-order valence-corrected chi connectivity index (χ0v) is 18.4. The van der Waals surface area contributed by atoms with Gasteiger partial charge in [0.15, 0.2) is 0 Å². The van der Waals surface area contributed by atoms with Gasteiger partial charge < -0.3 is 20.1 Å². The molecule has 7 nitrogen and oxygen atoms in total. The van der Waals surface area contributed by atoms with Crippen molar-refractivity contribution in [1.82, 2.24) is 9.88 Å². The summed E-state index contributed by atoms with van der Waals surface area (Å²) in [5.74, 6) is 1.54. The van der Waals surface area contributed by atoms with Crippen LogP contribution in [-0.2, 0) is 27.2 Å². The van der Waals surface area contributed by atoms with Crippen LogP contribution < -0.4 is 5.32 Å². The van der Waals surface area contributed by atoms with E-state index in [4.69, 9.17) is 9.72 Å². The number of carboxylic acids is 1. The second kappa shape index (κ2) is 10.4. The minimum absolute atomic E-state index is 0.191. The van der Waals surface area contributed by atoms with Crippen LogP contribution >= 0.6 is 0 Å². The molecule has 2 saturated heterocycles. The smallest absolute Gasteiger partial charge is 0.303 e. The number of aryl methyl sites for hydroxylation is 2. The van der Waals surface area contributed by atoms with Gasteiger partial charge in [0.25, 0.3) is 0 Å². The van der Waals surface area contributed by atoms with Crippen LogP contribution in [-0.4, -0.2) is 59.7 Å². The maximum Gasteiger partial charge on any atom is 0.303 e. The topological polar surface area (TPSA) is 91.8 Å². The van der Waals surface area contributed by atoms with Gasteiger partial charge in [0, 0.05) is 51.4 Å². The number of rotatable bonds is 8. The van der Waals surface area contributed by atoms with Crippen LogP contribution in [0.2, 0.25) is 0 Å². The standard InChI is InChI=1S/C24H35N3O4/c28-22(6-5-21-4-3-18-2-1-10-25-24(18)26-21)27-11-7-17(8-12-27)14-20(15-23(29)30)19-9-13-31-16-19/h3-4,17,19-20H,1-2,5-16H2,(H,25,26)(H,29,30). The van der Waals surface area contributed by atoms with Gasteiger partial charge in [-0.1, -0.05) is 6.07 Å². The van der Waals surface area contributed by atoms with Crippen molar-refractivity contribution >= 4 is 17.7 Å². The van der Waals surface area contributed by atoms with Gasteiger partial charge in [0.05, 0.1) is 0 Å². The highest BCUT2D eigenvalue weighted by molar-refractivity contribution is 5.76. The lowest BCUT2D eigenvalue weighted by atomic mass is 9.79. The monoisotopic (exact) mass is 429 g/mol. The van der Waals surface area contributed by atoms with E-state index in [-0.39, 0.29) is 18.2 Å². The SMILES string of the molecule is O=C(O)CC(CC1CCN(C(=O)CCc2ccc3c(n2)NCCC3)CC1)C1CCOC1. The molecule has 4 heterocycles. The highest BCUT2D eigenvalue weighted by Crippen LogP contribution is 2.34. The molecule has 2 unspecified atom stereocenters. The number of nitrogens with one attached hydrogen (secondary N) is 1. The Kier molecular flexibility index (Phi) is 7.43. The maximum atomic E-state index is 12.7. The minimum atomic E-state index is -0.712. The zero-order valence-electron chi connectivity index (χ0n) is 18.4. The molecule has 0 bridgehead atoms. The van der Waals surface area contributed by atoms with Gasteiger partial charge in [-0.2, -0.15) is 0 Å². The van der Waals surface area contributed by atoms with Crippen molar-refractivity contribution < 1.29 is 19.4 Å². The van der Waals surface area contributed by atoms with Crippen LogP contribution in [0.3, 0.4) is 0 Å². The van der Waals surface area contributed by atoms with Crippen LogP contribution in [0.4, 0.5) is 5.82 Å². The Labute approximate surface area is 184 Å². The molecule has 31 heavy (non-hydrogen) atoms. The summed E-state index contributed by atoms with van der Waals surface area (Å²) < 4.78 is 5.50. The molecule has 0 aromatic carbocycles. The van der Waals surface area contributed by atoms with Crippen molar-refractivity contribution in [2.45, 2.75) is 57.8 Å². The highest BCUT2D eigenvalue weighted by Gasteiger charge is 2.31. The van der Waals surface area contributed by atoms with Crippen molar-refractivity contribution in [2.75, 3.05) is 38.2 Å². The Morgan fingerprint density at radius 2 is 2.10 bits per heavy atom. The summed E-state index contributed by atoms with van der Waals surface area (Å²) in [6.45, 7) is 3.98. The van der Waals surface area contributed by atoms with E-state index in [1.54, 1.807) is 0 Å². The van der Waals surface area contributed by atoms with Gasteiger partial charge in [-0.25, -0.2) is 4.98 Å². The van der Waals surface area contributed by atoms with Gasteiger partial charge in [0.2, 0.25) is 5.91 Å². The largest absolute Gasteiger partial charge is 0.481 e. The molecule has 0 spiro atoms. The number of aliphatic carboxylic acids is 1. The number of likely N-dealkylation sites (tertiary alicyclic amines) is 1. The first kappa shape index (κ1) is 22.1. The predicted molar refractivity (Wildman–Crippen MR) is 118 cm³/mol. The summed E-state index contributed by atoms with van der Waals surface area (Å²) in [5, 5.41) is 12.7. The van der Waals surface area contributed by atoms with Crippen LogP contribution in [0.15, 0.2) is 12.1 Å². The molecule has 1 amide bonds. The molecule has 2 atom stereocenters. The number of aromatic nitrogens is 1. The minimum Gasteiger partial charge on any atom is -0.481 e.